The zero-order valence-corrected chi connectivity index (χ0v) is 13.0. The van der Waals surface area contributed by atoms with Crippen molar-refractivity contribution in [3.8, 4) is 5.75 Å². The van der Waals surface area contributed by atoms with Gasteiger partial charge in [-0.2, -0.15) is 0 Å². The summed E-state index contributed by atoms with van der Waals surface area (Å²) in [7, 11) is 1.66. The molecule has 22 heavy (non-hydrogen) atoms. The van der Waals surface area contributed by atoms with E-state index in [9.17, 15) is 0 Å². The Bertz CT molecular complexity index is 607. The molecule has 0 saturated carbocycles. The Kier molecular flexibility index (Phi) is 4.49. The molecule has 1 saturated heterocycles. The molecule has 2 N–H and O–H groups in total. The molecule has 0 aliphatic carbocycles. The van der Waals surface area contributed by atoms with Crippen molar-refractivity contribution in [2.45, 2.75) is 6.54 Å². The van der Waals surface area contributed by atoms with E-state index in [1.165, 1.54) is 5.56 Å². The highest BCUT2D eigenvalue weighted by atomic mass is 16.5. The predicted octanol–water partition coefficient (Wildman–Crippen LogP) is 2.60. The first-order valence-electron chi connectivity index (χ1n) is 7.71. The summed E-state index contributed by atoms with van der Waals surface area (Å²) in [4.78, 5) is 4.85. The molecule has 2 aromatic rings. The van der Waals surface area contributed by atoms with Crippen LogP contribution in [0, 0.1) is 0 Å². The summed E-state index contributed by atoms with van der Waals surface area (Å²) in [5.74, 6) is 0.809. The van der Waals surface area contributed by atoms with Gasteiger partial charge < -0.3 is 15.4 Å². The lowest BCUT2D eigenvalue weighted by molar-refractivity contribution is 0.250. The number of hydrogen-bond donors (Lipinski definition) is 1. The Morgan fingerprint density at radius 3 is 2.36 bits per heavy atom. The van der Waals surface area contributed by atoms with Gasteiger partial charge >= 0.3 is 0 Å². The average Bonchev–Trinajstić information content (AvgIpc) is 2.56. The maximum atomic E-state index is 6.15. The van der Waals surface area contributed by atoms with E-state index in [2.05, 4.69) is 46.2 Å². The number of rotatable bonds is 4. The Morgan fingerprint density at radius 2 is 1.73 bits per heavy atom. The van der Waals surface area contributed by atoms with E-state index in [1.807, 2.05) is 12.1 Å². The van der Waals surface area contributed by atoms with Crippen LogP contribution in [0.25, 0.3) is 0 Å². The lowest BCUT2D eigenvalue weighted by atomic mass is 10.1. The minimum Gasteiger partial charge on any atom is -0.497 e. The standard InChI is InChI=1S/C18H23N3O/c1-22-16-7-8-18(17(19)13-16)21-11-9-20(10-12-21)14-15-5-3-2-4-6-15/h2-8,13H,9-12,14,19H2,1H3. The maximum absolute atomic E-state index is 6.15. The van der Waals surface area contributed by atoms with Crippen LogP contribution in [0.5, 0.6) is 5.75 Å². The van der Waals surface area contributed by atoms with Gasteiger partial charge in [0.05, 0.1) is 18.5 Å². The molecule has 0 atom stereocenters. The molecule has 0 aromatic heterocycles. The summed E-state index contributed by atoms with van der Waals surface area (Å²) in [5, 5.41) is 0. The van der Waals surface area contributed by atoms with E-state index >= 15 is 0 Å². The van der Waals surface area contributed by atoms with Gasteiger partial charge in [0.15, 0.2) is 0 Å². The van der Waals surface area contributed by atoms with Gasteiger partial charge in [-0.05, 0) is 17.7 Å². The number of hydrogen-bond acceptors (Lipinski definition) is 4. The molecule has 116 valence electrons. The smallest absolute Gasteiger partial charge is 0.121 e. The monoisotopic (exact) mass is 297 g/mol. The molecule has 1 aliphatic heterocycles. The van der Waals surface area contributed by atoms with Gasteiger partial charge in [-0.1, -0.05) is 30.3 Å². The van der Waals surface area contributed by atoms with Crippen LogP contribution >= 0.6 is 0 Å². The Balaban J connectivity index is 1.60. The number of nitrogens with two attached hydrogens (primary N) is 1. The van der Waals surface area contributed by atoms with E-state index in [0.717, 1.165) is 49.8 Å². The summed E-state index contributed by atoms with van der Waals surface area (Å²) in [6.45, 7) is 5.14. The molecule has 1 aliphatic rings. The fourth-order valence-electron chi connectivity index (χ4n) is 2.94. The quantitative estimate of drug-likeness (QED) is 0.881. The number of anilines is 2. The fourth-order valence-corrected chi connectivity index (χ4v) is 2.94. The van der Waals surface area contributed by atoms with E-state index in [1.54, 1.807) is 7.11 Å². The minimum atomic E-state index is 0.788. The van der Waals surface area contributed by atoms with Crippen LogP contribution in [-0.2, 0) is 6.54 Å². The molecule has 0 spiro atoms. The van der Waals surface area contributed by atoms with Crippen molar-refractivity contribution in [1.82, 2.24) is 4.90 Å². The molecular formula is C18H23N3O. The number of benzene rings is 2. The van der Waals surface area contributed by atoms with Gasteiger partial charge in [0.1, 0.15) is 5.75 Å². The molecule has 0 amide bonds. The summed E-state index contributed by atoms with van der Waals surface area (Å²) >= 11 is 0. The van der Waals surface area contributed by atoms with Crippen molar-refractivity contribution >= 4 is 11.4 Å². The van der Waals surface area contributed by atoms with Gasteiger partial charge in [-0.3, -0.25) is 4.90 Å². The highest BCUT2D eigenvalue weighted by Crippen LogP contribution is 2.28. The summed E-state index contributed by atoms with van der Waals surface area (Å²) in [5.41, 5.74) is 9.42. The molecule has 1 heterocycles. The van der Waals surface area contributed by atoms with Gasteiger partial charge in [0, 0.05) is 38.8 Å². The second-order valence-corrected chi connectivity index (χ2v) is 5.67. The van der Waals surface area contributed by atoms with Crippen molar-refractivity contribution in [3.05, 3.63) is 54.1 Å². The van der Waals surface area contributed by atoms with Crippen LogP contribution < -0.4 is 15.4 Å². The van der Waals surface area contributed by atoms with Crippen molar-refractivity contribution in [3.63, 3.8) is 0 Å². The number of methoxy groups -OCH3 is 1. The van der Waals surface area contributed by atoms with E-state index in [4.69, 9.17) is 10.5 Å². The summed E-state index contributed by atoms with van der Waals surface area (Å²) in [6.07, 6.45) is 0. The number of ether oxygens (including phenoxy) is 1. The third kappa shape index (κ3) is 3.34. The third-order valence-electron chi connectivity index (χ3n) is 4.20. The molecule has 4 heteroatoms. The second kappa shape index (κ2) is 6.71. The molecule has 0 unspecified atom stereocenters. The van der Waals surface area contributed by atoms with Gasteiger partial charge in [-0.25, -0.2) is 0 Å². The first-order valence-corrected chi connectivity index (χ1v) is 7.71. The zero-order valence-electron chi connectivity index (χ0n) is 13.0. The third-order valence-corrected chi connectivity index (χ3v) is 4.20. The van der Waals surface area contributed by atoms with E-state index in [0.29, 0.717) is 0 Å². The van der Waals surface area contributed by atoms with Crippen LogP contribution in [0.15, 0.2) is 48.5 Å². The lowest BCUT2D eigenvalue weighted by Crippen LogP contribution is -2.46. The van der Waals surface area contributed by atoms with Crippen LogP contribution in [0.3, 0.4) is 0 Å². The molecule has 2 aromatic carbocycles. The van der Waals surface area contributed by atoms with Crippen molar-refractivity contribution < 1.29 is 4.74 Å². The normalized spacial score (nSPS) is 15.8. The average molecular weight is 297 g/mol. The first kappa shape index (κ1) is 14.7. The van der Waals surface area contributed by atoms with Crippen molar-refractivity contribution in [2.24, 2.45) is 0 Å². The van der Waals surface area contributed by atoms with Crippen LogP contribution in [0.1, 0.15) is 5.56 Å². The summed E-state index contributed by atoms with van der Waals surface area (Å²) in [6, 6.07) is 16.6. The molecule has 3 rings (SSSR count). The highest BCUT2D eigenvalue weighted by Gasteiger charge is 2.18. The fraction of sp³-hybridized carbons (Fsp3) is 0.333. The van der Waals surface area contributed by atoms with Gasteiger partial charge in [0.2, 0.25) is 0 Å². The van der Waals surface area contributed by atoms with Crippen molar-refractivity contribution in [1.29, 1.82) is 0 Å². The minimum absolute atomic E-state index is 0.788. The Labute approximate surface area is 132 Å². The summed E-state index contributed by atoms with van der Waals surface area (Å²) < 4.78 is 5.21. The maximum Gasteiger partial charge on any atom is 0.121 e. The second-order valence-electron chi connectivity index (χ2n) is 5.67. The van der Waals surface area contributed by atoms with Crippen LogP contribution in [-0.4, -0.2) is 38.2 Å². The number of piperazine rings is 1. The van der Waals surface area contributed by atoms with Crippen LogP contribution in [0.4, 0.5) is 11.4 Å². The largest absolute Gasteiger partial charge is 0.497 e. The molecule has 0 bridgehead atoms. The Morgan fingerprint density at radius 1 is 1.00 bits per heavy atom. The molecule has 1 fully saturated rings. The first-order chi connectivity index (χ1) is 10.8. The molecule has 0 radical (unpaired) electrons. The molecular weight excluding hydrogens is 274 g/mol. The van der Waals surface area contributed by atoms with Gasteiger partial charge in [-0.15, -0.1) is 0 Å². The highest BCUT2D eigenvalue weighted by molar-refractivity contribution is 5.69. The van der Waals surface area contributed by atoms with E-state index in [-0.39, 0.29) is 0 Å². The zero-order chi connectivity index (χ0) is 15.4. The number of nitrogen functional groups attached to an aromatic ring is 1. The van der Waals surface area contributed by atoms with Gasteiger partial charge in [0.25, 0.3) is 0 Å². The predicted molar refractivity (Wildman–Crippen MR) is 91.3 cm³/mol. The topological polar surface area (TPSA) is 41.7 Å². The number of nitrogens with zero attached hydrogens (tertiary/aromatic N) is 2. The molecule has 4 nitrogen and oxygen atoms in total. The SMILES string of the molecule is COc1ccc(N2CCN(Cc3ccccc3)CC2)c(N)c1. The lowest BCUT2D eigenvalue weighted by Gasteiger charge is -2.36. The van der Waals surface area contributed by atoms with E-state index < -0.39 is 0 Å². The Hall–Kier alpha value is -2.20. The van der Waals surface area contributed by atoms with Crippen molar-refractivity contribution in [2.75, 3.05) is 43.9 Å². The van der Waals surface area contributed by atoms with Crippen LogP contribution in [0.2, 0.25) is 0 Å².